The predicted molar refractivity (Wildman–Crippen MR) is 143 cm³/mol. The standard InChI is InChI=1S/C28H25Cl2N3O3/c1-19(34)32-23-11-8-20(9-12-23)16-31-27-13-10-22(29)15-21(27)17-33(18-24-5-4-14-36-24)28(35)25-6-2-3-7-26(25)30/h2-15,31H,16-18H2,1H3,(H,32,34). The van der Waals surface area contributed by atoms with E-state index < -0.39 is 0 Å². The van der Waals surface area contributed by atoms with Crippen molar-refractivity contribution in [2.24, 2.45) is 0 Å². The molecule has 1 heterocycles. The molecule has 0 bridgehead atoms. The Morgan fingerprint density at radius 1 is 0.917 bits per heavy atom. The summed E-state index contributed by atoms with van der Waals surface area (Å²) in [6.45, 7) is 2.58. The summed E-state index contributed by atoms with van der Waals surface area (Å²) in [5, 5.41) is 7.15. The first-order valence-electron chi connectivity index (χ1n) is 11.3. The van der Waals surface area contributed by atoms with Crippen LogP contribution < -0.4 is 10.6 Å². The largest absolute Gasteiger partial charge is 0.467 e. The van der Waals surface area contributed by atoms with E-state index in [4.69, 9.17) is 27.6 Å². The van der Waals surface area contributed by atoms with Crippen molar-refractivity contribution in [3.05, 3.63) is 118 Å². The third-order valence-electron chi connectivity index (χ3n) is 5.50. The fraction of sp³-hybridized carbons (Fsp3) is 0.143. The van der Waals surface area contributed by atoms with Crippen molar-refractivity contribution in [3.8, 4) is 0 Å². The molecule has 0 aliphatic carbocycles. The molecule has 2 N–H and O–H groups in total. The summed E-state index contributed by atoms with van der Waals surface area (Å²) >= 11 is 12.7. The molecular weight excluding hydrogens is 497 g/mol. The number of furan rings is 1. The third-order valence-corrected chi connectivity index (χ3v) is 6.07. The molecular formula is C28H25Cl2N3O3. The Morgan fingerprint density at radius 2 is 1.69 bits per heavy atom. The van der Waals surface area contributed by atoms with Gasteiger partial charge in [-0.05, 0) is 65.7 Å². The SMILES string of the molecule is CC(=O)Nc1ccc(CNc2ccc(Cl)cc2CN(Cc2ccco2)C(=O)c2ccccc2Cl)cc1. The lowest BCUT2D eigenvalue weighted by Gasteiger charge is -2.24. The van der Waals surface area contributed by atoms with Crippen LogP contribution in [-0.2, 0) is 24.4 Å². The average molecular weight is 522 g/mol. The molecule has 2 amide bonds. The number of halogens is 2. The maximum atomic E-state index is 13.5. The number of amides is 2. The minimum absolute atomic E-state index is 0.114. The fourth-order valence-corrected chi connectivity index (χ4v) is 4.18. The van der Waals surface area contributed by atoms with Crippen molar-refractivity contribution >= 4 is 46.4 Å². The number of benzene rings is 3. The normalized spacial score (nSPS) is 10.6. The topological polar surface area (TPSA) is 74.6 Å². The van der Waals surface area contributed by atoms with Crippen LogP contribution in [0.15, 0.2) is 89.5 Å². The molecule has 3 aromatic carbocycles. The van der Waals surface area contributed by atoms with Crippen molar-refractivity contribution in [2.75, 3.05) is 10.6 Å². The van der Waals surface area contributed by atoms with Gasteiger partial charge in [-0.2, -0.15) is 0 Å². The van der Waals surface area contributed by atoms with Crippen LogP contribution in [0.3, 0.4) is 0 Å². The van der Waals surface area contributed by atoms with Gasteiger partial charge in [0.2, 0.25) is 5.91 Å². The number of rotatable bonds is 9. The van der Waals surface area contributed by atoms with Crippen LogP contribution in [0.5, 0.6) is 0 Å². The average Bonchev–Trinajstić information content (AvgIpc) is 3.37. The highest BCUT2D eigenvalue weighted by Crippen LogP contribution is 2.26. The molecule has 0 radical (unpaired) electrons. The summed E-state index contributed by atoms with van der Waals surface area (Å²) in [4.78, 5) is 26.4. The van der Waals surface area contributed by atoms with E-state index in [1.807, 2.05) is 42.5 Å². The summed E-state index contributed by atoms with van der Waals surface area (Å²) in [7, 11) is 0. The predicted octanol–water partition coefficient (Wildman–Crippen LogP) is 7.00. The molecule has 8 heteroatoms. The van der Waals surface area contributed by atoms with Crippen molar-refractivity contribution in [2.45, 2.75) is 26.6 Å². The number of anilines is 2. The van der Waals surface area contributed by atoms with Gasteiger partial charge >= 0.3 is 0 Å². The minimum Gasteiger partial charge on any atom is -0.467 e. The van der Waals surface area contributed by atoms with E-state index in [0.717, 1.165) is 22.5 Å². The van der Waals surface area contributed by atoms with E-state index in [-0.39, 0.29) is 24.9 Å². The zero-order chi connectivity index (χ0) is 25.5. The molecule has 0 spiro atoms. The Balaban J connectivity index is 1.56. The highest BCUT2D eigenvalue weighted by molar-refractivity contribution is 6.33. The van der Waals surface area contributed by atoms with E-state index in [9.17, 15) is 9.59 Å². The number of carbonyl (C=O) groups excluding carboxylic acids is 2. The molecule has 0 fully saturated rings. The van der Waals surface area contributed by atoms with Crippen LogP contribution in [-0.4, -0.2) is 16.7 Å². The summed E-state index contributed by atoms with van der Waals surface area (Å²) in [6, 6.07) is 23.7. The second kappa shape index (κ2) is 11.8. The Labute approximate surface area is 219 Å². The molecule has 0 saturated carbocycles. The maximum absolute atomic E-state index is 13.5. The first kappa shape index (κ1) is 25.4. The molecule has 1 aromatic heterocycles. The van der Waals surface area contributed by atoms with E-state index in [2.05, 4.69) is 10.6 Å². The highest BCUT2D eigenvalue weighted by atomic mass is 35.5. The van der Waals surface area contributed by atoms with Gasteiger partial charge in [-0.15, -0.1) is 0 Å². The van der Waals surface area contributed by atoms with Crippen LogP contribution in [0.2, 0.25) is 10.0 Å². The first-order chi connectivity index (χ1) is 17.4. The van der Waals surface area contributed by atoms with E-state index in [1.165, 1.54) is 6.92 Å². The molecule has 4 rings (SSSR count). The lowest BCUT2D eigenvalue weighted by atomic mass is 10.1. The van der Waals surface area contributed by atoms with Gasteiger partial charge in [-0.1, -0.05) is 47.5 Å². The van der Waals surface area contributed by atoms with Gasteiger partial charge in [0.25, 0.3) is 5.91 Å². The molecule has 0 unspecified atom stereocenters. The van der Waals surface area contributed by atoms with Gasteiger partial charge < -0.3 is 20.0 Å². The van der Waals surface area contributed by atoms with Gasteiger partial charge in [-0.25, -0.2) is 0 Å². The Morgan fingerprint density at radius 3 is 2.39 bits per heavy atom. The minimum atomic E-state index is -0.212. The first-order valence-corrected chi connectivity index (χ1v) is 12.1. The molecule has 0 saturated heterocycles. The Hall–Kier alpha value is -3.74. The third kappa shape index (κ3) is 6.68. The van der Waals surface area contributed by atoms with Gasteiger partial charge in [0, 0.05) is 36.4 Å². The van der Waals surface area contributed by atoms with E-state index in [1.54, 1.807) is 47.6 Å². The molecule has 6 nitrogen and oxygen atoms in total. The monoisotopic (exact) mass is 521 g/mol. The number of carbonyl (C=O) groups is 2. The highest BCUT2D eigenvalue weighted by Gasteiger charge is 2.21. The smallest absolute Gasteiger partial charge is 0.256 e. The molecule has 4 aromatic rings. The van der Waals surface area contributed by atoms with Crippen LogP contribution in [0.4, 0.5) is 11.4 Å². The van der Waals surface area contributed by atoms with Crippen LogP contribution in [0, 0.1) is 0 Å². The zero-order valence-electron chi connectivity index (χ0n) is 19.6. The summed E-state index contributed by atoms with van der Waals surface area (Å²) < 4.78 is 5.52. The van der Waals surface area contributed by atoms with Gasteiger partial charge in [0.1, 0.15) is 5.76 Å². The molecule has 0 aliphatic heterocycles. The number of hydrogen-bond donors (Lipinski definition) is 2. The molecule has 0 atom stereocenters. The molecule has 184 valence electrons. The van der Waals surface area contributed by atoms with Crippen molar-refractivity contribution in [1.29, 1.82) is 0 Å². The lowest BCUT2D eigenvalue weighted by molar-refractivity contribution is -0.114. The number of hydrogen-bond acceptors (Lipinski definition) is 4. The molecule has 36 heavy (non-hydrogen) atoms. The van der Waals surface area contributed by atoms with Gasteiger partial charge in [-0.3, -0.25) is 9.59 Å². The Bertz CT molecular complexity index is 1340. The van der Waals surface area contributed by atoms with Crippen molar-refractivity contribution < 1.29 is 14.0 Å². The van der Waals surface area contributed by atoms with E-state index >= 15 is 0 Å². The fourth-order valence-electron chi connectivity index (χ4n) is 3.77. The van der Waals surface area contributed by atoms with Crippen LogP contribution in [0.1, 0.15) is 34.2 Å². The quantitative estimate of drug-likeness (QED) is 0.248. The zero-order valence-corrected chi connectivity index (χ0v) is 21.1. The van der Waals surface area contributed by atoms with Crippen LogP contribution in [0.25, 0.3) is 0 Å². The molecule has 0 aliphatic rings. The summed E-state index contributed by atoms with van der Waals surface area (Å²) in [6.07, 6.45) is 1.58. The van der Waals surface area contributed by atoms with Crippen molar-refractivity contribution in [3.63, 3.8) is 0 Å². The maximum Gasteiger partial charge on any atom is 0.256 e. The second-order valence-corrected chi connectivity index (χ2v) is 9.10. The van der Waals surface area contributed by atoms with Crippen molar-refractivity contribution in [1.82, 2.24) is 4.90 Å². The van der Waals surface area contributed by atoms with Gasteiger partial charge in [0.05, 0.1) is 23.4 Å². The summed E-state index contributed by atoms with van der Waals surface area (Å²) in [5.41, 5.74) is 3.89. The Kier molecular flexibility index (Phi) is 8.31. The van der Waals surface area contributed by atoms with E-state index in [0.29, 0.717) is 27.9 Å². The number of nitrogens with one attached hydrogen (secondary N) is 2. The lowest BCUT2D eigenvalue weighted by Crippen LogP contribution is -2.30. The number of nitrogens with zero attached hydrogens (tertiary/aromatic N) is 1. The van der Waals surface area contributed by atoms with Gasteiger partial charge in [0.15, 0.2) is 0 Å². The van der Waals surface area contributed by atoms with Crippen LogP contribution >= 0.6 is 23.2 Å². The second-order valence-electron chi connectivity index (χ2n) is 8.25. The summed E-state index contributed by atoms with van der Waals surface area (Å²) in [5.74, 6) is 0.333.